The van der Waals surface area contributed by atoms with Crippen LogP contribution in [0.2, 0.25) is 5.02 Å². The van der Waals surface area contributed by atoms with Crippen molar-refractivity contribution in [3.05, 3.63) is 64.3 Å². The first-order valence-electron chi connectivity index (χ1n) is 8.30. The summed E-state index contributed by atoms with van der Waals surface area (Å²) >= 11 is 6.04. The van der Waals surface area contributed by atoms with Gasteiger partial charge < -0.3 is 19.2 Å². The summed E-state index contributed by atoms with van der Waals surface area (Å²) in [6.07, 6.45) is 0. The number of amides is 1. The second kappa shape index (κ2) is 8.18. The molecule has 1 N–H and O–H groups in total. The van der Waals surface area contributed by atoms with E-state index in [4.69, 9.17) is 25.5 Å². The van der Waals surface area contributed by atoms with Crippen LogP contribution in [0.4, 0.5) is 5.69 Å². The van der Waals surface area contributed by atoms with Gasteiger partial charge in [-0.1, -0.05) is 23.7 Å². The van der Waals surface area contributed by atoms with Crippen LogP contribution in [0.3, 0.4) is 0 Å². The summed E-state index contributed by atoms with van der Waals surface area (Å²) < 4.78 is 17.3. The molecule has 28 heavy (non-hydrogen) atoms. The van der Waals surface area contributed by atoms with E-state index in [1.807, 2.05) is 0 Å². The highest BCUT2D eigenvalue weighted by Gasteiger charge is 2.23. The van der Waals surface area contributed by atoms with E-state index < -0.39 is 11.9 Å². The first kappa shape index (κ1) is 19.5. The van der Waals surface area contributed by atoms with E-state index in [0.717, 1.165) is 0 Å². The summed E-state index contributed by atoms with van der Waals surface area (Å²) in [6.45, 7) is 1.83. The molecule has 1 amide bonds. The van der Waals surface area contributed by atoms with Gasteiger partial charge in [0.1, 0.15) is 18.1 Å². The lowest BCUT2D eigenvalue weighted by Gasteiger charge is -2.06. The maximum absolute atomic E-state index is 12.5. The van der Waals surface area contributed by atoms with Gasteiger partial charge in [-0.25, -0.2) is 4.79 Å². The van der Waals surface area contributed by atoms with Crippen molar-refractivity contribution >= 4 is 29.2 Å². The molecule has 0 atom stereocenters. The normalized spacial score (nSPS) is 10.6. The highest BCUT2D eigenvalue weighted by molar-refractivity contribution is 6.32. The minimum absolute atomic E-state index is 0.0182. The second-order valence-electron chi connectivity index (χ2n) is 5.86. The Balaban J connectivity index is 1.71. The van der Waals surface area contributed by atoms with Crippen LogP contribution in [-0.2, 0) is 18.4 Å². The van der Waals surface area contributed by atoms with Gasteiger partial charge in [0.2, 0.25) is 0 Å². The molecule has 0 bridgehead atoms. The number of aryl methyl sites for hydroxylation is 1. The van der Waals surface area contributed by atoms with Gasteiger partial charge in [0.25, 0.3) is 5.91 Å². The maximum atomic E-state index is 12.5. The van der Waals surface area contributed by atoms with Gasteiger partial charge in [-0.05, 0) is 31.2 Å². The SMILES string of the molecule is COC(=O)c1nn(C)c(C)c1NC(=O)c1ccc(COc2ccccc2Cl)o1. The first-order valence-corrected chi connectivity index (χ1v) is 8.67. The zero-order valence-electron chi connectivity index (χ0n) is 15.5. The fourth-order valence-corrected chi connectivity index (χ4v) is 2.65. The van der Waals surface area contributed by atoms with Crippen molar-refractivity contribution in [1.29, 1.82) is 0 Å². The number of ether oxygens (including phenoxy) is 2. The van der Waals surface area contributed by atoms with Crippen molar-refractivity contribution in [2.45, 2.75) is 13.5 Å². The monoisotopic (exact) mass is 403 g/mol. The summed E-state index contributed by atoms with van der Waals surface area (Å²) in [5.74, 6) is -0.143. The van der Waals surface area contributed by atoms with Gasteiger partial charge in [0.15, 0.2) is 11.5 Å². The third-order valence-electron chi connectivity index (χ3n) is 4.04. The number of halogens is 1. The van der Waals surface area contributed by atoms with Gasteiger partial charge in [-0.2, -0.15) is 5.10 Å². The van der Waals surface area contributed by atoms with E-state index in [-0.39, 0.29) is 23.7 Å². The van der Waals surface area contributed by atoms with Crippen molar-refractivity contribution < 1.29 is 23.5 Å². The number of anilines is 1. The Morgan fingerprint density at radius 1 is 1.25 bits per heavy atom. The second-order valence-corrected chi connectivity index (χ2v) is 6.27. The molecule has 3 rings (SSSR count). The van der Waals surface area contributed by atoms with Crippen LogP contribution < -0.4 is 10.1 Å². The first-order chi connectivity index (χ1) is 13.4. The predicted octanol–water partition coefficient (Wildman–Crippen LogP) is 3.59. The molecule has 8 nitrogen and oxygen atoms in total. The van der Waals surface area contributed by atoms with Crippen LogP contribution in [-0.4, -0.2) is 28.8 Å². The van der Waals surface area contributed by atoms with Crippen molar-refractivity contribution in [2.24, 2.45) is 7.05 Å². The Kier molecular flexibility index (Phi) is 5.70. The van der Waals surface area contributed by atoms with E-state index >= 15 is 0 Å². The lowest BCUT2D eigenvalue weighted by Crippen LogP contribution is -2.14. The number of hydrogen-bond donors (Lipinski definition) is 1. The molecule has 146 valence electrons. The molecule has 0 spiro atoms. The number of esters is 1. The number of hydrogen-bond acceptors (Lipinski definition) is 6. The lowest BCUT2D eigenvalue weighted by atomic mass is 10.3. The molecule has 2 aromatic heterocycles. The van der Waals surface area contributed by atoms with Crippen molar-refractivity contribution in [3.63, 3.8) is 0 Å². The van der Waals surface area contributed by atoms with Crippen molar-refractivity contribution in [1.82, 2.24) is 9.78 Å². The van der Waals surface area contributed by atoms with E-state index in [0.29, 0.717) is 22.2 Å². The lowest BCUT2D eigenvalue weighted by molar-refractivity contribution is 0.0594. The Hall–Kier alpha value is -3.26. The van der Waals surface area contributed by atoms with Crippen molar-refractivity contribution in [3.8, 4) is 5.75 Å². The summed E-state index contributed by atoms with van der Waals surface area (Å²) in [5, 5.41) is 7.20. The van der Waals surface area contributed by atoms with Crippen LogP contribution in [0.5, 0.6) is 5.75 Å². The zero-order chi connectivity index (χ0) is 20.3. The van der Waals surface area contributed by atoms with Crippen LogP contribution in [0.15, 0.2) is 40.8 Å². The maximum Gasteiger partial charge on any atom is 0.360 e. The zero-order valence-corrected chi connectivity index (χ0v) is 16.2. The topological polar surface area (TPSA) is 95.6 Å². The molecular formula is C19H18ClN3O5. The Bertz CT molecular complexity index is 1020. The molecule has 2 heterocycles. The minimum atomic E-state index is -0.646. The Morgan fingerprint density at radius 3 is 2.71 bits per heavy atom. The molecule has 3 aromatic rings. The van der Waals surface area contributed by atoms with E-state index in [9.17, 15) is 9.59 Å². The van der Waals surface area contributed by atoms with Crippen LogP contribution in [0.25, 0.3) is 0 Å². The van der Waals surface area contributed by atoms with Crippen molar-refractivity contribution in [2.75, 3.05) is 12.4 Å². The Labute approximate surface area is 166 Å². The third-order valence-corrected chi connectivity index (χ3v) is 4.36. The highest BCUT2D eigenvalue weighted by Crippen LogP contribution is 2.25. The number of carbonyl (C=O) groups is 2. The summed E-state index contributed by atoms with van der Waals surface area (Å²) in [6, 6.07) is 10.2. The standard InChI is InChI=1S/C19H18ClN3O5/c1-11-16(17(19(25)26-3)22-23(11)2)21-18(24)15-9-8-12(28-15)10-27-14-7-5-4-6-13(14)20/h4-9H,10H2,1-3H3,(H,21,24). The van der Waals surface area contributed by atoms with Gasteiger partial charge in [-0.15, -0.1) is 0 Å². The molecule has 0 fully saturated rings. The largest absolute Gasteiger partial charge is 0.484 e. The van der Waals surface area contributed by atoms with Crippen LogP contribution >= 0.6 is 11.6 Å². The molecule has 0 saturated carbocycles. The minimum Gasteiger partial charge on any atom is -0.484 e. The smallest absolute Gasteiger partial charge is 0.360 e. The highest BCUT2D eigenvalue weighted by atomic mass is 35.5. The predicted molar refractivity (Wildman–Crippen MR) is 102 cm³/mol. The number of aromatic nitrogens is 2. The number of methoxy groups -OCH3 is 1. The number of nitrogens with one attached hydrogen (secondary N) is 1. The van der Waals surface area contributed by atoms with E-state index in [1.54, 1.807) is 44.3 Å². The molecule has 9 heteroatoms. The molecular weight excluding hydrogens is 386 g/mol. The van der Waals surface area contributed by atoms with Crippen LogP contribution in [0.1, 0.15) is 32.5 Å². The van der Waals surface area contributed by atoms with Gasteiger partial charge in [-0.3, -0.25) is 9.48 Å². The molecule has 0 radical (unpaired) electrons. The third kappa shape index (κ3) is 4.01. The number of benzene rings is 1. The Morgan fingerprint density at radius 2 is 2.00 bits per heavy atom. The van der Waals surface area contributed by atoms with Crippen LogP contribution in [0, 0.1) is 6.92 Å². The molecule has 0 saturated heterocycles. The molecule has 0 aliphatic rings. The number of furan rings is 1. The summed E-state index contributed by atoms with van der Waals surface area (Å²) in [5.41, 5.74) is 0.886. The van der Waals surface area contributed by atoms with E-state index in [1.165, 1.54) is 17.9 Å². The average molecular weight is 404 g/mol. The molecule has 0 aliphatic carbocycles. The number of para-hydroxylation sites is 1. The number of nitrogens with zero attached hydrogens (tertiary/aromatic N) is 2. The number of carbonyl (C=O) groups excluding carboxylic acids is 2. The molecule has 1 aromatic carbocycles. The number of rotatable bonds is 6. The fourth-order valence-electron chi connectivity index (χ4n) is 2.46. The summed E-state index contributed by atoms with van der Waals surface area (Å²) in [4.78, 5) is 24.4. The average Bonchev–Trinajstić information content (AvgIpc) is 3.27. The van der Waals surface area contributed by atoms with Gasteiger partial charge in [0.05, 0.1) is 23.5 Å². The quantitative estimate of drug-likeness (QED) is 0.632. The van der Waals surface area contributed by atoms with Gasteiger partial charge >= 0.3 is 5.97 Å². The van der Waals surface area contributed by atoms with E-state index in [2.05, 4.69) is 10.4 Å². The fraction of sp³-hybridized carbons (Fsp3) is 0.211. The van der Waals surface area contributed by atoms with Gasteiger partial charge in [0, 0.05) is 7.05 Å². The molecule has 0 unspecified atom stereocenters. The summed E-state index contributed by atoms with van der Waals surface area (Å²) in [7, 11) is 2.91. The molecule has 0 aliphatic heterocycles.